The van der Waals surface area contributed by atoms with Gasteiger partial charge in [-0.2, -0.15) is 0 Å². The third-order valence-electron chi connectivity index (χ3n) is 4.08. The number of urea groups is 1. The molecule has 0 aromatic heterocycles. The lowest BCUT2D eigenvalue weighted by molar-refractivity contribution is -0.150. The molecule has 1 aliphatic heterocycles. The van der Waals surface area contributed by atoms with Crippen LogP contribution in [0.1, 0.15) is 29.3 Å². The number of nitrogens with zero attached hydrogens (tertiary/aromatic N) is 1. The van der Waals surface area contributed by atoms with E-state index in [2.05, 4.69) is 5.32 Å². The summed E-state index contributed by atoms with van der Waals surface area (Å²) in [5, 5.41) is 11.6. The first-order valence-corrected chi connectivity index (χ1v) is 7.29. The van der Waals surface area contributed by atoms with Crippen molar-refractivity contribution in [2.24, 2.45) is 5.41 Å². The second-order valence-corrected chi connectivity index (χ2v) is 5.88. The Kier molecular flexibility index (Phi) is 4.88. The van der Waals surface area contributed by atoms with E-state index in [1.807, 2.05) is 0 Å². The Morgan fingerprint density at radius 2 is 1.96 bits per heavy atom. The minimum atomic E-state index is -0.986. The highest BCUT2D eigenvalue weighted by molar-refractivity contribution is 5.87. The number of likely N-dealkylation sites (tertiary alicyclic amines) is 1. The Hall–Kier alpha value is -2.57. The SMILES string of the molecule is COC(=O)C1(C)CCN(C(=O)NCc2ccc(C(=O)O)cc2)C1. The molecule has 1 aromatic carbocycles. The van der Waals surface area contributed by atoms with Crippen LogP contribution in [0.25, 0.3) is 0 Å². The fourth-order valence-electron chi connectivity index (χ4n) is 2.60. The molecule has 1 saturated heterocycles. The number of carboxylic acid groups (broad SMARTS) is 1. The number of rotatable bonds is 4. The van der Waals surface area contributed by atoms with Gasteiger partial charge in [0.15, 0.2) is 0 Å². The van der Waals surface area contributed by atoms with Crippen molar-refractivity contribution in [2.75, 3.05) is 20.2 Å². The molecule has 23 heavy (non-hydrogen) atoms. The van der Waals surface area contributed by atoms with E-state index >= 15 is 0 Å². The van der Waals surface area contributed by atoms with Gasteiger partial charge in [-0.05, 0) is 31.0 Å². The van der Waals surface area contributed by atoms with E-state index < -0.39 is 11.4 Å². The quantitative estimate of drug-likeness (QED) is 0.819. The van der Waals surface area contributed by atoms with Gasteiger partial charge in [-0.1, -0.05) is 12.1 Å². The molecular weight excluding hydrogens is 300 g/mol. The third kappa shape index (κ3) is 3.80. The van der Waals surface area contributed by atoms with Crippen LogP contribution < -0.4 is 5.32 Å². The van der Waals surface area contributed by atoms with Gasteiger partial charge in [0.05, 0.1) is 18.1 Å². The Morgan fingerprint density at radius 3 is 2.52 bits per heavy atom. The predicted molar refractivity (Wildman–Crippen MR) is 82.0 cm³/mol. The lowest BCUT2D eigenvalue weighted by Gasteiger charge is -2.22. The van der Waals surface area contributed by atoms with Gasteiger partial charge in [0.2, 0.25) is 0 Å². The van der Waals surface area contributed by atoms with Gasteiger partial charge >= 0.3 is 18.0 Å². The van der Waals surface area contributed by atoms with Crippen LogP contribution in [0.2, 0.25) is 0 Å². The molecule has 2 N–H and O–H groups in total. The number of amides is 2. The molecule has 1 atom stereocenters. The van der Waals surface area contributed by atoms with Crippen LogP contribution in [-0.2, 0) is 16.1 Å². The van der Waals surface area contributed by atoms with Crippen molar-refractivity contribution >= 4 is 18.0 Å². The summed E-state index contributed by atoms with van der Waals surface area (Å²) in [5.74, 6) is -1.29. The summed E-state index contributed by atoms with van der Waals surface area (Å²) in [7, 11) is 1.34. The first-order valence-electron chi connectivity index (χ1n) is 7.29. The van der Waals surface area contributed by atoms with Crippen LogP contribution in [-0.4, -0.2) is 48.2 Å². The number of ether oxygens (including phenoxy) is 1. The first kappa shape index (κ1) is 16.8. The molecule has 1 unspecified atom stereocenters. The molecule has 0 radical (unpaired) electrons. The number of aromatic carboxylic acids is 1. The molecule has 0 saturated carbocycles. The number of esters is 1. The van der Waals surface area contributed by atoms with E-state index in [9.17, 15) is 14.4 Å². The normalized spacial score (nSPS) is 20.2. The number of hydrogen-bond donors (Lipinski definition) is 2. The van der Waals surface area contributed by atoms with Gasteiger partial charge in [0, 0.05) is 19.6 Å². The van der Waals surface area contributed by atoms with Gasteiger partial charge in [-0.15, -0.1) is 0 Å². The van der Waals surface area contributed by atoms with Gasteiger partial charge in [0.1, 0.15) is 0 Å². The zero-order valence-electron chi connectivity index (χ0n) is 13.2. The second-order valence-electron chi connectivity index (χ2n) is 5.88. The van der Waals surface area contributed by atoms with E-state index in [0.29, 0.717) is 26.1 Å². The first-order chi connectivity index (χ1) is 10.9. The van der Waals surface area contributed by atoms with Crippen molar-refractivity contribution in [1.82, 2.24) is 10.2 Å². The molecule has 1 aliphatic rings. The fourth-order valence-corrected chi connectivity index (χ4v) is 2.60. The van der Waals surface area contributed by atoms with Gasteiger partial charge in [-0.3, -0.25) is 4.79 Å². The van der Waals surface area contributed by atoms with Crippen molar-refractivity contribution in [1.29, 1.82) is 0 Å². The summed E-state index contributed by atoms with van der Waals surface area (Å²) in [6.07, 6.45) is 0.570. The van der Waals surface area contributed by atoms with Crippen LogP contribution in [0.5, 0.6) is 0 Å². The van der Waals surface area contributed by atoms with Crippen LogP contribution in [0.3, 0.4) is 0 Å². The van der Waals surface area contributed by atoms with Crippen molar-refractivity contribution in [2.45, 2.75) is 19.9 Å². The molecule has 2 amide bonds. The molecule has 0 bridgehead atoms. The number of carbonyl (C=O) groups is 3. The Morgan fingerprint density at radius 1 is 1.30 bits per heavy atom. The lowest BCUT2D eigenvalue weighted by Crippen LogP contribution is -2.40. The van der Waals surface area contributed by atoms with Crippen LogP contribution in [0.15, 0.2) is 24.3 Å². The van der Waals surface area contributed by atoms with Crippen molar-refractivity contribution in [3.63, 3.8) is 0 Å². The summed E-state index contributed by atoms with van der Waals surface area (Å²) < 4.78 is 4.78. The summed E-state index contributed by atoms with van der Waals surface area (Å²) in [6, 6.07) is 6.06. The Labute approximate surface area is 134 Å². The minimum absolute atomic E-state index is 0.202. The Balaban J connectivity index is 1.88. The molecule has 124 valence electrons. The van der Waals surface area contributed by atoms with Gasteiger partial charge in [0.25, 0.3) is 0 Å². The zero-order valence-corrected chi connectivity index (χ0v) is 13.2. The van der Waals surface area contributed by atoms with Crippen molar-refractivity contribution < 1.29 is 24.2 Å². The topological polar surface area (TPSA) is 95.9 Å². The number of hydrogen-bond acceptors (Lipinski definition) is 4. The maximum Gasteiger partial charge on any atom is 0.335 e. The smallest absolute Gasteiger partial charge is 0.335 e. The van der Waals surface area contributed by atoms with E-state index in [0.717, 1.165) is 5.56 Å². The molecule has 0 spiro atoms. The number of nitrogens with one attached hydrogen (secondary N) is 1. The summed E-state index contributed by atoms with van der Waals surface area (Å²) in [6.45, 7) is 2.90. The number of carboxylic acids is 1. The molecular formula is C16H20N2O5. The van der Waals surface area contributed by atoms with Crippen LogP contribution in [0, 0.1) is 5.41 Å². The third-order valence-corrected chi connectivity index (χ3v) is 4.08. The minimum Gasteiger partial charge on any atom is -0.478 e. The molecule has 0 aliphatic carbocycles. The summed E-state index contributed by atoms with van der Waals surface area (Å²) >= 11 is 0. The molecule has 2 rings (SSSR count). The maximum atomic E-state index is 12.2. The average molecular weight is 320 g/mol. The highest BCUT2D eigenvalue weighted by Gasteiger charge is 2.42. The molecule has 7 nitrogen and oxygen atoms in total. The number of methoxy groups -OCH3 is 1. The molecule has 7 heteroatoms. The fraction of sp³-hybridized carbons (Fsp3) is 0.438. The van der Waals surface area contributed by atoms with Crippen LogP contribution in [0.4, 0.5) is 4.79 Å². The van der Waals surface area contributed by atoms with E-state index in [-0.39, 0.29) is 17.6 Å². The largest absolute Gasteiger partial charge is 0.478 e. The molecule has 1 fully saturated rings. The van der Waals surface area contributed by atoms with Crippen LogP contribution >= 0.6 is 0 Å². The number of carbonyl (C=O) groups excluding carboxylic acids is 2. The Bertz CT molecular complexity index is 613. The number of benzene rings is 1. The van der Waals surface area contributed by atoms with Gasteiger partial charge < -0.3 is 20.1 Å². The maximum absolute atomic E-state index is 12.2. The monoisotopic (exact) mass is 320 g/mol. The second kappa shape index (κ2) is 6.68. The lowest BCUT2D eigenvalue weighted by atomic mass is 9.90. The highest BCUT2D eigenvalue weighted by Crippen LogP contribution is 2.31. The van der Waals surface area contributed by atoms with Gasteiger partial charge in [-0.25, -0.2) is 9.59 Å². The average Bonchev–Trinajstić information content (AvgIpc) is 2.96. The van der Waals surface area contributed by atoms with Crippen molar-refractivity contribution in [3.8, 4) is 0 Å². The van der Waals surface area contributed by atoms with E-state index in [1.165, 1.54) is 19.2 Å². The molecule has 1 heterocycles. The van der Waals surface area contributed by atoms with E-state index in [1.54, 1.807) is 24.0 Å². The predicted octanol–water partition coefficient (Wildman–Crippen LogP) is 1.48. The standard InChI is InChI=1S/C16H20N2O5/c1-16(14(21)23-2)7-8-18(10-16)15(22)17-9-11-3-5-12(6-4-11)13(19)20/h3-6H,7-10H2,1-2H3,(H,17,22)(H,19,20). The zero-order chi connectivity index (χ0) is 17.0. The summed E-state index contributed by atoms with van der Waals surface area (Å²) in [5.41, 5.74) is 0.349. The highest BCUT2D eigenvalue weighted by atomic mass is 16.5. The van der Waals surface area contributed by atoms with E-state index in [4.69, 9.17) is 9.84 Å². The summed E-state index contributed by atoms with van der Waals surface area (Å²) in [4.78, 5) is 36.3. The van der Waals surface area contributed by atoms with Crippen molar-refractivity contribution in [3.05, 3.63) is 35.4 Å². The molecule has 1 aromatic rings.